The summed E-state index contributed by atoms with van der Waals surface area (Å²) in [5, 5.41) is 21.9. The summed E-state index contributed by atoms with van der Waals surface area (Å²) in [4.78, 5) is 14.4. The Labute approximate surface area is 238 Å². The molecular weight excluding hydrogens is 545 g/mol. The van der Waals surface area contributed by atoms with Crippen molar-refractivity contribution >= 4 is 29.2 Å². The molecule has 2 aromatic carbocycles. The fourth-order valence-corrected chi connectivity index (χ4v) is 6.71. The molecule has 1 aliphatic heterocycles. The van der Waals surface area contributed by atoms with E-state index in [1.54, 1.807) is 19.1 Å². The molecule has 0 amide bonds. The molecule has 0 radical (unpaired) electrons. The molecule has 2 aliphatic rings. The van der Waals surface area contributed by atoms with Crippen molar-refractivity contribution in [3.05, 3.63) is 69.2 Å². The molecule has 0 aromatic heterocycles. The van der Waals surface area contributed by atoms with Crippen molar-refractivity contribution < 1.29 is 23.4 Å². The second-order valence-electron chi connectivity index (χ2n) is 11.8. The van der Waals surface area contributed by atoms with Crippen LogP contribution in [-0.2, 0) is 14.9 Å². The smallest absolute Gasteiger partial charge is 0.309 e. The molecule has 0 bridgehead atoms. The number of ether oxygens (including phenoxy) is 1. The van der Waals surface area contributed by atoms with Gasteiger partial charge >= 0.3 is 5.97 Å². The SMILES string of the molecule is CCOC(=O)C1CC1CN1[C@@H](CC(C)(C)C)[C@](C#N)(c2ccc(Cl)cc2F)[C@@H](c2cccc(Cl)c2F)[C@@H]1CO. The van der Waals surface area contributed by atoms with E-state index in [9.17, 15) is 15.2 Å². The number of aliphatic hydroxyl groups excluding tert-OH is 1. The normalized spacial score (nSPS) is 28.8. The van der Waals surface area contributed by atoms with Crippen molar-refractivity contribution in [2.45, 2.75) is 64.0 Å². The minimum Gasteiger partial charge on any atom is -0.466 e. The van der Waals surface area contributed by atoms with Gasteiger partial charge in [-0.15, -0.1) is 0 Å². The average molecular weight is 580 g/mol. The lowest BCUT2D eigenvalue weighted by atomic mass is 9.62. The lowest BCUT2D eigenvalue weighted by molar-refractivity contribution is -0.145. The van der Waals surface area contributed by atoms with Gasteiger partial charge in [-0.25, -0.2) is 8.78 Å². The van der Waals surface area contributed by atoms with Crippen LogP contribution in [0.1, 0.15) is 57.6 Å². The average Bonchev–Trinajstić information content (AvgIpc) is 3.59. The van der Waals surface area contributed by atoms with Crippen molar-refractivity contribution in [1.29, 1.82) is 5.26 Å². The van der Waals surface area contributed by atoms with Gasteiger partial charge in [0.1, 0.15) is 17.0 Å². The molecule has 1 heterocycles. The monoisotopic (exact) mass is 578 g/mol. The van der Waals surface area contributed by atoms with Crippen LogP contribution < -0.4 is 0 Å². The Morgan fingerprint density at radius 3 is 2.56 bits per heavy atom. The Morgan fingerprint density at radius 1 is 1.26 bits per heavy atom. The molecule has 2 unspecified atom stereocenters. The van der Waals surface area contributed by atoms with Crippen LogP contribution in [0.5, 0.6) is 0 Å². The van der Waals surface area contributed by atoms with Crippen molar-refractivity contribution in [3.63, 3.8) is 0 Å². The minimum atomic E-state index is -1.60. The number of halogens is 4. The molecule has 6 atom stereocenters. The summed E-state index contributed by atoms with van der Waals surface area (Å²) >= 11 is 12.3. The Morgan fingerprint density at radius 2 is 1.97 bits per heavy atom. The van der Waals surface area contributed by atoms with Crippen molar-refractivity contribution in [2.24, 2.45) is 17.3 Å². The summed E-state index contributed by atoms with van der Waals surface area (Å²) in [6, 6.07) is 9.78. The summed E-state index contributed by atoms with van der Waals surface area (Å²) in [5.74, 6) is -2.97. The lowest BCUT2D eigenvalue weighted by Crippen LogP contribution is -2.47. The van der Waals surface area contributed by atoms with E-state index in [1.165, 1.54) is 18.2 Å². The maximum absolute atomic E-state index is 15.8. The van der Waals surface area contributed by atoms with Crippen molar-refractivity contribution in [1.82, 2.24) is 4.90 Å². The van der Waals surface area contributed by atoms with Gasteiger partial charge < -0.3 is 9.84 Å². The Kier molecular flexibility index (Phi) is 8.64. The summed E-state index contributed by atoms with van der Waals surface area (Å²) in [6.45, 7) is 8.05. The Balaban J connectivity index is 1.95. The number of esters is 1. The highest BCUT2D eigenvalue weighted by molar-refractivity contribution is 6.31. The van der Waals surface area contributed by atoms with E-state index < -0.39 is 41.7 Å². The number of benzene rings is 2. The molecule has 1 aliphatic carbocycles. The van der Waals surface area contributed by atoms with Gasteiger partial charge in [0.05, 0.1) is 30.2 Å². The molecule has 1 saturated heterocycles. The first-order chi connectivity index (χ1) is 18.4. The van der Waals surface area contributed by atoms with Gasteiger partial charge in [0.15, 0.2) is 0 Å². The molecule has 2 aromatic rings. The Hall–Kier alpha value is -2.24. The van der Waals surface area contributed by atoms with Crippen LogP contribution in [0.3, 0.4) is 0 Å². The number of rotatable bonds is 8. The molecule has 9 heteroatoms. The number of hydrogen-bond donors (Lipinski definition) is 1. The van der Waals surface area contributed by atoms with Gasteiger partial charge in [0.25, 0.3) is 0 Å². The first-order valence-electron chi connectivity index (χ1n) is 13.2. The lowest BCUT2D eigenvalue weighted by Gasteiger charge is -2.39. The fourth-order valence-electron chi connectivity index (χ4n) is 6.37. The first kappa shape index (κ1) is 29.7. The van der Waals surface area contributed by atoms with Crippen molar-refractivity contribution in [3.8, 4) is 6.07 Å². The Bertz CT molecular complexity index is 1280. The molecule has 4 rings (SSSR count). The third kappa shape index (κ3) is 5.54. The van der Waals surface area contributed by atoms with Gasteiger partial charge in [-0.1, -0.05) is 62.2 Å². The summed E-state index contributed by atoms with van der Waals surface area (Å²) in [7, 11) is 0. The predicted molar refractivity (Wildman–Crippen MR) is 147 cm³/mol. The van der Waals surface area contributed by atoms with Crippen LogP contribution in [0.2, 0.25) is 10.0 Å². The van der Waals surface area contributed by atoms with Crippen LogP contribution >= 0.6 is 23.2 Å². The highest BCUT2D eigenvalue weighted by Gasteiger charge is 2.64. The zero-order valence-electron chi connectivity index (χ0n) is 22.6. The third-order valence-electron chi connectivity index (χ3n) is 8.06. The minimum absolute atomic E-state index is 0.0602. The van der Waals surface area contributed by atoms with Gasteiger partial charge in [-0.2, -0.15) is 5.26 Å². The van der Waals surface area contributed by atoms with E-state index in [2.05, 4.69) is 6.07 Å². The highest BCUT2D eigenvalue weighted by Crippen LogP contribution is 2.57. The summed E-state index contributed by atoms with van der Waals surface area (Å²) < 4.78 is 36.7. The van der Waals surface area contributed by atoms with Gasteiger partial charge in [-0.3, -0.25) is 9.69 Å². The quantitative estimate of drug-likeness (QED) is 0.362. The summed E-state index contributed by atoms with van der Waals surface area (Å²) in [6.07, 6.45) is 1.05. The van der Waals surface area contributed by atoms with E-state index >= 15 is 8.78 Å². The number of hydrogen-bond acceptors (Lipinski definition) is 5. The van der Waals surface area contributed by atoms with Gasteiger partial charge in [0, 0.05) is 35.1 Å². The van der Waals surface area contributed by atoms with Crippen molar-refractivity contribution in [2.75, 3.05) is 19.8 Å². The zero-order valence-corrected chi connectivity index (χ0v) is 24.1. The van der Waals surface area contributed by atoms with Crippen LogP contribution in [0.4, 0.5) is 8.78 Å². The number of likely N-dealkylation sites (tertiary alicyclic amines) is 1. The second kappa shape index (κ2) is 11.3. The van der Waals surface area contributed by atoms with E-state index in [0.29, 0.717) is 19.4 Å². The van der Waals surface area contributed by atoms with E-state index in [-0.39, 0.29) is 51.0 Å². The largest absolute Gasteiger partial charge is 0.466 e. The van der Waals surface area contributed by atoms with Gasteiger partial charge in [0.2, 0.25) is 0 Å². The van der Waals surface area contributed by atoms with Crippen LogP contribution in [0.25, 0.3) is 0 Å². The molecule has 39 heavy (non-hydrogen) atoms. The maximum atomic E-state index is 15.8. The molecule has 1 N–H and O–H groups in total. The molecule has 5 nitrogen and oxygen atoms in total. The van der Waals surface area contributed by atoms with E-state index in [0.717, 1.165) is 6.07 Å². The number of aliphatic hydroxyl groups is 1. The standard InChI is InChI=1S/C30H34Cl2F2N2O3/c1-5-39-28(38)20-11-17(20)14-36-24(15-37)26(19-7-6-8-22(32)27(19)34)30(16-35,25(36)13-29(2,3)4)21-10-9-18(31)12-23(21)33/h6-10,12,17,20,24-26,37H,5,11,13-15H2,1-4H3/t17?,20?,24-,25-,26-,30-/m0/s1. The van der Waals surface area contributed by atoms with E-state index in [1.807, 2.05) is 25.7 Å². The fraction of sp³-hybridized carbons (Fsp3) is 0.533. The number of carbonyl (C=O) groups is 1. The topological polar surface area (TPSA) is 73.6 Å². The molecular formula is C30H34Cl2F2N2O3. The van der Waals surface area contributed by atoms with Gasteiger partial charge in [-0.05, 0) is 54.9 Å². The molecule has 2 fully saturated rings. The molecule has 210 valence electrons. The van der Waals surface area contributed by atoms with E-state index in [4.69, 9.17) is 27.9 Å². The van der Waals surface area contributed by atoms with Crippen LogP contribution in [0.15, 0.2) is 36.4 Å². The highest BCUT2D eigenvalue weighted by atomic mass is 35.5. The summed E-state index contributed by atoms with van der Waals surface area (Å²) in [5.41, 5.74) is -1.70. The number of carbonyl (C=O) groups excluding carboxylic acids is 1. The molecule has 0 spiro atoms. The predicted octanol–water partition coefficient (Wildman–Crippen LogP) is 6.50. The number of nitrogens with zero attached hydrogens (tertiary/aromatic N) is 2. The number of nitriles is 1. The van der Waals surface area contributed by atoms with Crippen LogP contribution in [0, 0.1) is 40.2 Å². The molecule has 1 saturated carbocycles. The van der Waals surface area contributed by atoms with Crippen LogP contribution in [-0.4, -0.2) is 47.8 Å². The first-order valence-corrected chi connectivity index (χ1v) is 14.0. The zero-order chi connectivity index (χ0) is 28.7. The third-order valence-corrected chi connectivity index (χ3v) is 8.58. The second-order valence-corrected chi connectivity index (χ2v) is 12.7. The maximum Gasteiger partial charge on any atom is 0.309 e.